The highest BCUT2D eigenvalue weighted by molar-refractivity contribution is 5.92. The normalized spacial score (nSPS) is 28.1. The second-order valence-corrected chi connectivity index (χ2v) is 6.23. The zero-order chi connectivity index (χ0) is 20.6. The van der Waals surface area contributed by atoms with Gasteiger partial charge in [0.2, 0.25) is 5.91 Å². The fraction of sp³-hybridized carbons (Fsp3) is 0.800. The van der Waals surface area contributed by atoms with Gasteiger partial charge in [0.1, 0.15) is 18.3 Å². The molecule has 156 valence electrons. The summed E-state index contributed by atoms with van der Waals surface area (Å²) in [5, 5.41) is 47.6. The van der Waals surface area contributed by atoms with E-state index in [4.69, 9.17) is 25.5 Å². The van der Waals surface area contributed by atoms with Gasteiger partial charge in [0.15, 0.2) is 12.2 Å². The number of hydrogen-bond donors (Lipinski definition) is 7. The quantitative estimate of drug-likeness (QED) is 0.0642. The van der Waals surface area contributed by atoms with Crippen molar-refractivity contribution in [1.82, 2.24) is 5.43 Å². The van der Waals surface area contributed by atoms with Crippen molar-refractivity contribution in [2.45, 2.75) is 62.8 Å². The Hall–Kier alpha value is -1.83. The summed E-state index contributed by atoms with van der Waals surface area (Å²) in [5.41, 5.74) is 2.00. The molecule has 0 radical (unpaired) electrons. The first-order valence-electron chi connectivity index (χ1n) is 8.45. The summed E-state index contributed by atoms with van der Waals surface area (Å²) in [5.74, 6) is -0.421. The van der Waals surface area contributed by atoms with E-state index in [1.807, 2.05) is 5.43 Å². The minimum absolute atomic E-state index is 0.1000. The number of carbonyl (C=O) groups is 3. The van der Waals surface area contributed by atoms with Gasteiger partial charge in [-0.2, -0.15) is 0 Å². The number of aliphatic carboxylic acids is 2. The van der Waals surface area contributed by atoms with E-state index in [0.29, 0.717) is 19.3 Å². The molecular formula is C15H26N2O10. The van der Waals surface area contributed by atoms with Gasteiger partial charge in [-0.25, -0.2) is 5.84 Å². The molecule has 0 bridgehead atoms. The number of aliphatic hydroxyl groups excluding tert-OH is 3. The number of unbranched alkanes of at least 4 members (excludes halogenated alkanes) is 2. The fourth-order valence-electron chi connectivity index (χ4n) is 2.62. The average molecular weight is 394 g/mol. The van der Waals surface area contributed by atoms with Gasteiger partial charge in [-0.05, 0) is 12.8 Å². The highest BCUT2D eigenvalue weighted by atomic mass is 16.7. The van der Waals surface area contributed by atoms with Crippen LogP contribution in [0.2, 0.25) is 0 Å². The topological polar surface area (TPSA) is 209 Å². The highest BCUT2D eigenvalue weighted by Crippen LogP contribution is 2.26. The van der Waals surface area contributed by atoms with Crippen molar-refractivity contribution in [3.63, 3.8) is 0 Å². The SMILES string of the molecule is NNC(=O)CCCCCOC1OC(CC(C(=O)O)C(=O)O)C(O)C(O)C1O. The zero-order valence-corrected chi connectivity index (χ0v) is 14.6. The van der Waals surface area contributed by atoms with Crippen LogP contribution in [0.15, 0.2) is 0 Å². The molecule has 1 rings (SSSR count). The molecule has 0 aromatic rings. The number of carbonyl (C=O) groups excluding carboxylic acids is 1. The minimum Gasteiger partial charge on any atom is -0.481 e. The van der Waals surface area contributed by atoms with Crippen molar-refractivity contribution in [3.05, 3.63) is 0 Å². The molecule has 1 saturated heterocycles. The van der Waals surface area contributed by atoms with Gasteiger partial charge in [0, 0.05) is 19.4 Å². The number of hydrazine groups is 1. The summed E-state index contributed by atoms with van der Waals surface area (Å²) in [7, 11) is 0. The predicted octanol–water partition coefficient (Wildman–Crippen LogP) is -2.46. The number of rotatable bonds is 11. The lowest BCUT2D eigenvalue weighted by Gasteiger charge is -2.40. The Morgan fingerprint density at radius 2 is 1.63 bits per heavy atom. The molecule has 5 atom stereocenters. The molecule has 1 fully saturated rings. The molecule has 0 aromatic carbocycles. The van der Waals surface area contributed by atoms with E-state index in [1.54, 1.807) is 0 Å². The van der Waals surface area contributed by atoms with Crippen LogP contribution in [0.5, 0.6) is 0 Å². The maximum absolute atomic E-state index is 11.0. The Morgan fingerprint density at radius 1 is 1.00 bits per heavy atom. The summed E-state index contributed by atoms with van der Waals surface area (Å²) >= 11 is 0. The van der Waals surface area contributed by atoms with Crippen molar-refractivity contribution >= 4 is 17.8 Å². The maximum atomic E-state index is 11.0. The Morgan fingerprint density at radius 3 is 2.19 bits per heavy atom. The minimum atomic E-state index is -1.85. The van der Waals surface area contributed by atoms with Crippen LogP contribution in [0.25, 0.3) is 0 Å². The second-order valence-electron chi connectivity index (χ2n) is 6.23. The second kappa shape index (κ2) is 11.1. The fourth-order valence-corrected chi connectivity index (χ4v) is 2.62. The van der Waals surface area contributed by atoms with Crippen LogP contribution < -0.4 is 11.3 Å². The van der Waals surface area contributed by atoms with Crippen LogP contribution >= 0.6 is 0 Å². The molecule has 5 unspecified atom stereocenters. The third-order valence-electron chi connectivity index (χ3n) is 4.22. The van der Waals surface area contributed by atoms with E-state index in [0.717, 1.165) is 0 Å². The Labute approximate surface area is 154 Å². The van der Waals surface area contributed by atoms with Crippen LogP contribution in [0.3, 0.4) is 0 Å². The van der Waals surface area contributed by atoms with Crippen LogP contribution in [0, 0.1) is 5.92 Å². The lowest BCUT2D eigenvalue weighted by molar-refractivity contribution is -0.299. The molecule has 8 N–H and O–H groups in total. The molecule has 27 heavy (non-hydrogen) atoms. The molecule has 1 aliphatic heterocycles. The first-order valence-corrected chi connectivity index (χ1v) is 8.45. The molecule has 12 heteroatoms. The van der Waals surface area contributed by atoms with E-state index < -0.39 is 55.0 Å². The first kappa shape index (κ1) is 23.2. The van der Waals surface area contributed by atoms with Crippen LogP contribution in [-0.4, -0.2) is 80.7 Å². The van der Waals surface area contributed by atoms with Crippen molar-refractivity contribution in [2.75, 3.05) is 6.61 Å². The van der Waals surface area contributed by atoms with Crippen molar-refractivity contribution < 1.29 is 49.4 Å². The molecule has 1 heterocycles. The molecule has 0 aliphatic carbocycles. The molecule has 0 spiro atoms. The van der Waals surface area contributed by atoms with Crippen LogP contribution in [0.1, 0.15) is 32.1 Å². The van der Waals surface area contributed by atoms with Gasteiger partial charge < -0.3 is 35.0 Å². The number of ether oxygens (including phenoxy) is 2. The Kier molecular flexibility index (Phi) is 9.55. The van der Waals surface area contributed by atoms with Crippen LogP contribution in [-0.2, 0) is 23.9 Å². The van der Waals surface area contributed by atoms with E-state index in [2.05, 4.69) is 0 Å². The van der Waals surface area contributed by atoms with Gasteiger partial charge in [-0.1, -0.05) is 6.42 Å². The highest BCUT2D eigenvalue weighted by Gasteiger charge is 2.46. The summed E-state index contributed by atoms with van der Waals surface area (Å²) < 4.78 is 10.6. The van der Waals surface area contributed by atoms with Gasteiger partial charge in [0.05, 0.1) is 6.10 Å². The van der Waals surface area contributed by atoms with Gasteiger partial charge >= 0.3 is 11.9 Å². The molecule has 0 saturated carbocycles. The summed E-state index contributed by atoms with van der Waals surface area (Å²) in [6, 6.07) is 0. The lowest BCUT2D eigenvalue weighted by atomic mass is 9.91. The van der Waals surface area contributed by atoms with E-state index in [-0.39, 0.29) is 18.9 Å². The first-order chi connectivity index (χ1) is 12.7. The predicted molar refractivity (Wildman–Crippen MR) is 86.8 cm³/mol. The van der Waals surface area contributed by atoms with Crippen LogP contribution in [0.4, 0.5) is 0 Å². The van der Waals surface area contributed by atoms with E-state index >= 15 is 0 Å². The smallest absolute Gasteiger partial charge is 0.317 e. The standard InChI is InChI=1S/C15H26N2O10/c16-17-9(18)4-2-1-3-5-26-15-12(21)11(20)10(19)8(27-15)6-7(13(22)23)14(24)25/h7-8,10-12,15,19-21H,1-6,16H2,(H,17,18)(H,22,23)(H,24,25). The molecule has 1 amide bonds. The monoisotopic (exact) mass is 394 g/mol. The Bertz CT molecular complexity index is 503. The molecule has 1 aliphatic rings. The zero-order valence-electron chi connectivity index (χ0n) is 14.6. The number of aliphatic hydroxyl groups is 3. The summed E-state index contributed by atoms with van der Waals surface area (Å²) in [4.78, 5) is 33.0. The molecule has 0 aromatic heterocycles. The van der Waals surface area contributed by atoms with Gasteiger partial charge in [0.25, 0.3) is 0 Å². The van der Waals surface area contributed by atoms with E-state index in [9.17, 15) is 29.7 Å². The number of carboxylic acids is 2. The third kappa shape index (κ3) is 7.01. The number of amides is 1. The summed E-state index contributed by atoms with van der Waals surface area (Å²) in [6.07, 6.45) is -6.34. The average Bonchev–Trinajstić information content (AvgIpc) is 2.62. The molecular weight excluding hydrogens is 368 g/mol. The number of hydrogen-bond acceptors (Lipinski definition) is 9. The largest absolute Gasteiger partial charge is 0.481 e. The summed E-state index contributed by atoms with van der Waals surface area (Å²) in [6.45, 7) is 0.1000. The number of nitrogens with one attached hydrogen (secondary N) is 1. The Balaban J connectivity index is 2.53. The number of nitrogens with two attached hydrogens (primary N) is 1. The maximum Gasteiger partial charge on any atom is 0.317 e. The van der Waals surface area contributed by atoms with Crippen molar-refractivity contribution in [3.8, 4) is 0 Å². The molecule has 12 nitrogen and oxygen atoms in total. The third-order valence-corrected chi connectivity index (χ3v) is 4.22. The van der Waals surface area contributed by atoms with Crippen molar-refractivity contribution in [2.24, 2.45) is 11.8 Å². The van der Waals surface area contributed by atoms with Crippen molar-refractivity contribution in [1.29, 1.82) is 0 Å². The van der Waals surface area contributed by atoms with E-state index in [1.165, 1.54) is 0 Å². The number of carboxylic acid groups (broad SMARTS) is 2. The van der Waals surface area contributed by atoms with Gasteiger partial charge in [-0.3, -0.25) is 19.8 Å². The lowest BCUT2D eigenvalue weighted by Crippen LogP contribution is -2.59. The van der Waals surface area contributed by atoms with Gasteiger partial charge in [-0.15, -0.1) is 0 Å².